The largest absolute Gasteiger partial charge is 0.493 e. The molecule has 4 aromatic rings. The van der Waals surface area contributed by atoms with Crippen molar-refractivity contribution in [2.24, 2.45) is 5.92 Å². The number of hydrogen-bond acceptors (Lipinski definition) is 5. The highest BCUT2D eigenvalue weighted by Gasteiger charge is 2.18. The van der Waals surface area contributed by atoms with E-state index in [1.165, 1.54) is 0 Å². The fourth-order valence-electron chi connectivity index (χ4n) is 3.45. The summed E-state index contributed by atoms with van der Waals surface area (Å²) in [6.45, 7) is 4.59. The first-order chi connectivity index (χ1) is 15.8. The molecule has 0 saturated carbocycles. The molecule has 0 aliphatic heterocycles. The Kier molecular flexibility index (Phi) is 6.60. The summed E-state index contributed by atoms with van der Waals surface area (Å²) in [5, 5.41) is 0. The van der Waals surface area contributed by atoms with Crippen LogP contribution in [0.5, 0.6) is 5.75 Å². The number of ether oxygens (including phenoxy) is 1. The van der Waals surface area contributed by atoms with Gasteiger partial charge < -0.3 is 9.14 Å². The summed E-state index contributed by atoms with van der Waals surface area (Å²) in [6.07, 6.45) is 6.13. The molecule has 170 valence electrons. The fourth-order valence-corrected chi connectivity index (χ4v) is 4.75. The Morgan fingerprint density at radius 2 is 1.82 bits per heavy atom. The van der Waals surface area contributed by atoms with Crippen molar-refractivity contribution in [2.75, 3.05) is 6.61 Å². The number of Topliss-reactive ketones (excluding diaryl/α,β-unsaturated/α-hetero) is 1. The molecule has 6 nitrogen and oxygen atoms in total. The number of fused-ring (bicyclic) bond motifs is 1. The second-order valence-corrected chi connectivity index (χ2v) is 10.3. The van der Waals surface area contributed by atoms with Gasteiger partial charge in [0.15, 0.2) is 5.78 Å². The van der Waals surface area contributed by atoms with Crippen molar-refractivity contribution in [3.05, 3.63) is 90.4 Å². The highest BCUT2D eigenvalue weighted by Crippen LogP contribution is 2.25. The average Bonchev–Trinajstić information content (AvgIpc) is 3.29. The zero-order valence-corrected chi connectivity index (χ0v) is 19.5. The second-order valence-electron chi connectivity index (χ2n) is 8.36. The van der Waals surface area contributed by atoms with Gasteiger partial charge in [0.2, 0.25) is 9.84 Å². The lowest BCUT2D eigenvalue weighted by molar-refractivity contribution is 0.0982. The van der Waals surface area contributed by atoms with Crippen LogP contribution in [0.15, 0.2) is 89.0 Å². The number of carbonyl (C=O) groups excluding carboxylic acids is 1. The van der Waals surface area contributed by atoms with Gasteiger partial charge in [0.1, 0.15) is 11.4 Å². The van der Waals surface area contributed by atoms with Crippen LogP contribution in [0.3, 0.4) is 0 Å². The van der Waals surface area contributed by atoms with Crippen LogP contribution in [0.25, 0.3) is 5.65 Å². The van der Waals surface area contributed by atoms with E-state index in [2.05, 4.69) is 4.98 Å². The van der Waals surface area contributed by atoms with Crippen molar-refractivity contribution in [3.8, 4) is 5.75 Å². The van der Waals surface area contributed by atoms with Crippen molar-refractivity contribution in [2.45, 2.75) is 36.5 Å². The minimum atomic E-state index is -3.66. The van der Waals surface area contributed by atoms with Gasteiger partial charge in [-0.2, -0.15) is 0 Å². The molecule has 0 amide bonds. The molecule has 7 heteroatoms. The highest BCUT2D eigenvalue weighted by molar-refractivity contribution is 7.91. The van der Waals surface area contributed by atoms with Crippen molar-refractivity contribution in [1.29, 1.82) is 0 Å². The van der Waals surface area contributed by atoms with Crippen LogP contribution < -0.4 is 4.74 Å². The Balaban J connectivity index is 1.43. The molecule has 4 rings (SSSR count). The number of aromatic nitrogens is 2. The van der Waals surface area contributed by atoms with E-state index in [-0.39, 0.29) is 15.6 Å². The van der Waals surface area contributed by atoms with Crippen molar-refractivity contribution < 1.29 is 17.9 Å². The number of nitrogens with zero attached hydrogens (tertiary/aromatic N) is 2. The van der Waals surface area contributed by atoms with E-state index in [0.717, 1.165) is 11.2 Å². The van der Waals surface area contributed by atoms with Crippen LogP contribution >= 0.6 is 0 Å². The Morgan fingerprint density at radius 1 is 1.03 bits per heavy atom. The third-order valence-electron chi connectivity index (χ3n) is 5.28. The SMILES string of the molecule is CC(C)COc1cccc(S(=O)(=O)c2ccc(CCC(=O)c3ccc4nccn4c3)cc2)c1. The number of pyridine rings is 1. The molecule has 0 aliphatic rings. The van der Waals surface area contributed by atoms with E-state index in [4.69, 9.17) is 4.74 Å². The molecule has 2 heterocycles. The van der Waals surface area contributed by atoms with Crippen molar-refractivity contribution in [1.82, 2.24) is 9.38 Å². The van der Waals surface area contributed by atoms with Crippen LogP contribution in [0.1, 0.15) is 36.2 Å². The Labute approximate surface area is 193 Å². The first-order valence-electron chi connectivity index (χ1n) is 10.9. The van der Waals surface area contributed by atoms with Crippen molar-refractivity contribution >= 4 is 21.3 Å². The topological polar surface area (TPSA) is 77.7 Å². The summed E-state index contributed by atoms with van der Waals surface area (Å²) in [5.41, 5.74) is 2.32. The number of aryl methyl sites for hydroxylation is 1. The smallest absolute Gasteiger partial charge is 0.206 e. The lowest BCUT2D eigenvalue weighted by Crippen LogP contribution is -2.06. The van der Waals surface area contributed by atoms with E-state index in [1.807, 2.05) is 24.3 Å². The first kappa shape index (κ1) is 22.7. The fraction of sp³-hybridized carbons (Fsp3) is 0.231. The number of rotatable bonds is 9. The maximum absolute atomic E-state index is 13.1. The van der Waals surface area contributed by atoms with E-state index < -0.39 is 9.84 Å². The maximum Gasteiger partial charge on any atom is 0.206 e. The molecular weight excluding hydrogens is 436 g/mol. The zero-order chi connectivity index (χ0) is 23.4. The Morgan fingerprint density at radius 3 is 2.58 bits per heavy atom. The van der Waals surface area contributed by atoms with E-state index in [9.17, 15) is 13.2 Å². The number of imidazole rings is 1. The van der Waals surface area contributed by atoms with Crippen LogP contribution in [0.2, 0.25) is 0 Å². The molecule has 0 unspecified atom stereocenters. The molecule has 0 aliphatic carbocycles. The summed E-state index contributed by atoms with van der Waals surface area (Å²) in [4.78, 5) is 17.2. The van der Waals surface area contributed by atoms with Gasteiger partial charge >= 0.3 is 0 Å². The normalized spacial score (nSPS) is 11.7. The molecular formula is C26H26N2O4S. The zero-order valence-electron chi connectivity index (χ0n) is 18.6. The van der Waals surface area contributed by atoms with E-state index in [1.54, 1.807) is 73.2 Å². The molecule has 2 aromatic heterocycles. The van der Waals surface area contributed by atoms with Gasteiger partial charge in [0.25, 0.3) is 0 Å². The molecule has 0 bridgehead atoms. The van der Waals surface area contributed by atoms with Gasteiger partial charge in [-0.3, -0.25) is 4.79 Å². The Bertz CT molecular complexity index is 1370. The average molecular weight is 463 g/mol. The van der Waals surface area contributed by atoms with Gasteiger partial charge in [0.05, 0.1) is 16.4 Å². The molecule has 0 saturated heterocycles. The van der Waals surface area contributed by atoms with Gasteiger partial charge in [-0.25, -0.2) is 13.4 Å². The monoisotopic (exact) mass is 462 g/mol. The van der Waals surface area contributed by atoms with Crippen LogP contribution in [-0.2, 0) is 16.3 Å². The van der Waals surface area contributed by atoms with Crippen molar-refractivity contribution in [3.63, 3.8) is 0 Å². The van der Waals surface area contributed by atoms with Gasteiger partial charge in [-0.15, -0.1) is 0 Å². The quantitative estimate of drug-likeness (QED) is 0.327. The number of sulfone groups is 1. The predicted molar refractivity (Wildman–Crippen MR) is 127 cm³/mol. The molecule has 0 N–H and O–H groups in total. The minimum absolute atomic E-state index is 0.0283. The molecule has 0 fully saturated rings. The minimum Gasteiger partial charge on any atom is -0.493 e. The van der Waals surface area contributed by atoms with Gasteiger partial charge in [-0.1, -0.05) is 32.0 Å². The van der Waals surface area contributed by atoms with E-state index >= 15 is 0 Å². The van der Waals surface area contributed by atoms with E-state index in [0.29, 0.717) is 36.7 Å². The number of carbonyl (C=O) groups is 1. The summed E-state index contributed by atoms with van der Waals surface area (Å²) in [6, 6.07) is 16.9. The third kappa shape index (κ3) is 5.31. The highest BCUT2D eigenvalue weighted by atomic mass is 32.2. The maximum atomic E-state index is 13.1. The summed E-state index contributed by atoms with van der Waals surface area (Å²) >= 11 is 0. The lowest BCUT2D eigenvalue weighted by atomic mass is 10.0. The van der Waals surface area contributed by atoms with Crippen LogP contribution in [-0.4, -0.2) is 30.2 Å². The standard InChI is InChI=1S/C26H26N2O4S/c1-19(2)18-32-22-4-3-5-24(16-22)33(30,31)23-10-6-20(7-11-23)8-12-25(29)21-9-13-26-27-14-15-28(26)17-21/h3-7,9-11,13-17,19H,8,12,18H2,1-2H3. The van der Waals surface area contributed by atoms with Gasteiger partial charge in [-0.05, 0) is 60.4 Å². The molecule has 0 spiro atoms. The predicted octanol–water partition coefficient (Wildman–Crippen LogP) is 5.02. The lowest BCUT2D eigenvalue weighted by Gasteiger charge is -2.11. The van der Waals surface area contributed by atoms with Crippen LogP contribution in [0.4, 0.5) is 0 Å². The second kappa shape index (κ2) is 9.58. The summed E-state index contributed by atoms with van der Waals surface area (Å²) < 4.78 is 33.6. The Hall–Kier alpha value is -3.45. The number of ketones is 1. The summed E-state index contributed by atoms with van der Waals surface area (Å²) in [7, 11) is -3.66. The first-order valence-corrected chi connectivity index (χ1v) is 12.3. The number of benzene rings is 2. The molecule has 0 atom stereocenters. The number of hydrogen-bond donors (Lipinski definition) is 0. The third-order valence-corrected chi connectivity index (χ3v) is 7.05. The van der Waals surface area contributed by atoms with Gasteiger partial charge in [0, 0.05) is 30.6 Å². The summed E-state index contributed by atoms with van der Waals surface area (Å²) in [5.74, 6) is 0.910. The molecule has 33 heavy (non-hydrogen) atoms. The molecule has 0 radical (unpaired) electrons. The molecule has 2 aromatic carbocycles. The van der Waals surface area contributed by atoms with Crippen LogP contribution in [0, 0.1) is 5.92 Å².